The molecule has 7 heteroatoms. The highest BCUT2D eigenvalue weighted by Gasteiger charge is 2.24. The third kappa shape index (κ3) is 8.41. The number of hydrogen-bond donors (Lipinski definition) is 1. The molecular formula is C19H25NO6. The molecule has 0 spiro atoms. The summed E-state index contributed by atoms with van der Waals surface area (Å²) in [5.41, 5.74) is 0.0401. The molecule has 1 aromatic carbocycles. The maximum Gasteiger partial charge on any atom is 0.408 e. The first-order valence-electron chi connectivity index (χ1n) is 8.25. The molecule has 1 N–H and O–H groups in total. The standard InChI is InChI=1S/C19H25NO6/c1-19(2,3)26-18(24)20-16(13-8-6-5-7-9-13)11-14(21)10-15(22)12-17(23)25-4/h5-9,16H,10-12H2,1-4H3,(H,20,24). The van der Waals surface area contributed by atoms with Crippen LogP contribution in [0.25, 0.3) is 0 Å². The van der Waals surface area contributed by atoms with Crippen molar-refractivity contribution in [3.63, 3.8) is 0 Å². The lowest BCUT2D eigenvalue weighted by Crippen LogP contribution is -2.36. The number of carbonyl (C=O) groups is 4. The number of alkyl carbamates (subject to hydrolysis) is 1. The number of ketones is 2. The lowest BCUT2D eigenvalue weighted by molar-refractivity contribution is -0.143. The van der Waals surface area contributed by atoms with E-state index in [1.54, 1.807) is 45.0 Å². The van der Waals surface area contributed by atoms with Crippen LogP contribution in [0.2, 0.25) is 0 Å². The van der Waals surface area contributed by atoms with Crippen LogP contribution in [0, 0.1) is 0 Å². The highest BCUT2D eigenvalue weighted by atomic mass is 16.6. The minimum Gasteiger partial charge on any atom is -0.469 e. The zero-order valence-corrected chi connectivity index (χ0v) is 15.5. The van der Waals surface area contributed by atoms with E-state index in [2.05, 4.69) is 10.1 Å². The minimum absolute atomic E-state index is 0.0871. The molecule has 142 valence electrons. The minimum atomic E-state index is -0.686. The topological polar surface area (TPSA) is 98.8 Å². The van der Waals surface area contributed by atoms with Crippen molar-refractivity contribution in [1.82, 2.24) is 5.32 Å². The van der Waals surface area contributed by atoms with Crippen molar-refractivity contribution in [2.45, 2.75) is 51.7 Å². The van der Waals surface area contributed by atoms with E-state index in [1.807, 2.05) is 6.07 Å². The Hall–Kier alpha value is -2.70. The van der Waals surface area contributed by atoms with Gasteiger partial charge >= 0.3 is 12.1 Å². The monoisotopic (exact) mass is 363 g/mol. The van der Waals surface area contributed by atoms with Gasteiger partial charge in [-0.2, -0.15) is 0 Å². The van der Waals surface area contributed by atoms with Crippen LogP contribution < -0.4 is 5.32 Å². The average Bonchev–Trinajstić information content (AvgIpc) is 2.52. The Bertz CT molecular complexity index is 648. The van der Waals surface area contributed by atoms with Crippen LogP contribution in [0.5, 0.6) is 0 Å². The summed E-state index contributed by atoms with van der Waals surface area (Å²) < 4.78 is 9.64. The van der Waals surface area contributed by atoms with Crippen LogP contribution in [-0.4, -0.2) is 36.3 Å². The van der Waals surface area contributed by atoms with Gasteiger partial charge in [0.25, 0.3) is 0 Å². The largest absolute Gasteiger partial charge is 0.469 e. The van der Waals surface area contributed by atoms with Gasteiger partial charge in [0, 0.05) is 6.42 Å². The summed E-state index contributed by atoms with van der Waals surface area (Å²) in [6.07, 6.45) is -1.58. The lowest BCUT2D eigenvalue weighted by Gasteiger charge is -2.23. The van der Waals surface area contributed by atoms with Gasteiger partial charge < -0.3 is 14.8 Å². The number of methoxy groups -OCH3 is 1. The molecule has 0 aliphatic carbocycles. The fourth-order valence-corrected chi connectivity index (χ4v) is 2.20. The third-order valence-electron chi connectivity index (χ3n) is 3.29. The maximum absolute atomic E-state index is 12.2. The van der Waals surface area contributed by atoms with Crippen LogP contribution in [0.4, 0.5) is 4.79 Å². The van der Waals surface area contributed by atoms with Gasteiger partial charge in [0.15, 0.2) is 5.78 Å². The molecule has 7 nitrogen and oxygen atoms in total. The molecule has 0 aromatic heterocycles. The summed E-state index contributed by atoms with van der Waals surface area (Å²) in [7, 11) is 1.17. The van der Waals surface area contributed by atoms with Crippen molar-refractivity contribution in [2.75, 3.05) is 7.11 Å². The number of amides is 1. The highest BCUT2D eigenvalue weighted by Crippen LogP contribution is 2.19. The Morgan fingerprint density at radius 3 is 2.15 bits per heavy atom. The van der Waals surface area contributed by atoms with Gasteiger partial charge in [-0.15, -0.1) is 0 Å². The molecule has 1 unspecified atom stereocenters. The second-order valence-electron chi connectivity index (χ2n) is 6.82. The predicted octanol–water partition coefficient (Wildman–Crippen LogP) is 2.73. The zero-order valence-electron chi connectivity index (χ0n) is 15.5. The summed E-state index contributed by atoms with van der Waals surface area (Å²) in [5.74, 6) is -1.59. The van der Waals surface area contributed by atoms with Crippen molar-refractivity contribution >= 4 is 23.6 Å². The molecule has 0 aliphatic heterocycles. The van der Waals surface area contributed by atoms with E-state index < -0.39 is 42.3 Å². The Labute approximate surface area is 153 Å². The summed E-state index contributed by atoms with van der Waals surface area (Å²) in [6, 6.07) is 8.29. The molecule has 1 rings (SSSR count). The Kier molecular flexibility index (Phi) is 7.96. The number of carbonyl (C=O) groups excluding carboxylic acids is 4. The molecule has 1 amide bonds. The van der Waals surface area contributed by atoms with Crippen molar-refractivity contribution in [2.24, 2.45) is 0 Å². The van der Waals surface area contributed by atoms with Crippen molar-refractivity contribution < 1.29 is 28.7 Å². The first kappa shape index (κ1) is 21.3. The highest BCUT2D eigenvalue weighted by molar-refractivity contribution is 6.05. The fraction of sp³-hybridized carbons (Fsp3) is 0.474. The summed E-state index contributed by atoms with van der Waals surface area (Å²) >= 11 is 0. The third-order valence-corrected chi connectivity index (χ3v) is 3.29. The molecule has 0 radical (unpaired) electrons. The maximum atomic E-state index is 12.2. The first-order chi connectivity index (χ1) is 12.1. The van der Waals surface area contributed by atoms with Gasteiger partial charge in [-0.3, -0.25) is 14.4 Å². The number of hydrogen-bond acceptors (Lipinski definition) is 6. The fourth-order valence-electron chi connectivity index (χ4n) is 2.20. The van der Waals surface area contributed by atoms with E-state index in [-0.39, 0.29) is 12.2 Å². The van der Waals surface area contributed by atoms with Gasteiger partial charge in [0.05, 0.1) is 19.6 Å². The molecule has 1 atom stereocenters. The van der Waals surface area contributed by atoms with E-state index >= 15 is 0 Å². The molecular weight excluding hydrogens is 338 g/mol. The quantitative estimate of drug-likeness (QED) is 0.563. The van der Waals surface area contributed by atoms with E-state index in [1.165, 1.54) is 7.11 Å². The van der Waals surface area contributed by atoms with Crippen LogP contribution in [0.3, 0.4) is 0 Å². The summed E-state index contributed by atoms with van der Waals surface area (Å²) in [6.45, 7) is 5.21. The van der Waals surface area contributed by atoms with Crippen LogP contribution in [0.1, 0.15) is 51.6 Å². The SMILES string of the molecule is COC(=O)CC(=O)CC(=O)CC(NC(=O)OC(C)(C)C)c1ccccc1. The van der Waals surface area contributed by atoms with Gasteiger partial charge in [-0.05, 0) is 26.3 Å². The molecule has 26 heavy (non-hydrogen) atoms. The van der Waals surface area contributed by atoms with Crippen LogP contribution in [0.15, 0.2) is 30.3 Å². The molecule has 0 heterocycles. The number of benzene rings is 1. The molecule has 0 saturated heterocycles. The second kappa shape index (κ2) is 9.70. The van der Waals surface area contributed by atoms with Crippen molar-refractivity contribution in [3.8, 4) is 0 Å². The predicted molar refractivity (Wildman–Crippen MR) is 94.4 cm³/mol. The van der Waals surface area contributed by atoms with E-state index in [9.17, 15) is 19.2 Å². The van der Waals surface area contributed by atoms with E-state index in [0.29, 0.717) is 5.56 Å². The van der Waals surface area contributed by atoms with E-state index in [4.69, 9.17) is 4.74 Å². The number of nitrogens with one attached hydrogen (secondary N) is 1. The normalized spacial score (nSPS) is 12.0. The van der Waals surface area contributed by atoms with Gasteiger partial charge in [-0.1, -0.05) is 30.3 Å². The van der Waals surface area contributed by atoms with E-state index in [0.717, 1.165) is 0 Å². The van der Waals surface area contributed by atoms with Gasteiger partial charge in [0.1, 0.15) is 17.8 Å². The molecule has 0 aliphatic rings. The Morgan fingerprint density at radius 1 is 1.00 bits per heavy atom. The summed E-state index contributed by atoms with van der Waals surface area (Å²) in [5, 5.41) is 2.66. The molecule has 0 bridgehead atoms. The zero-order chi connectivity index (χ0) is 19.7. The van der Waals surface area contributed by atoms with Crippen LogP contribution in [-0.2, 0) is 23.9 Å². The smallest absolute Gasteiger partial charge is 0.408 e. The molecule has 1 aromatic rings. The lowest BCUT2D eigenvalue weighted by atomic mass is 9.99. The number of rotatable bonds is 8. The molecule has 0 saturated carbocycles. The van der Waals surface area contributed by atoms with Gasteiger partial charge in [0.2, 0.25) is 0 Å². The molecule has 0 fully saturated rings. The second-order valence-corrected chi connectivity index (χ2v) is 6.82. The Balaban J connectivity index is 2.77. The average molecular weight is 363 g/mol. The number of ether oxygens (including phenoxy) is 2. The van der Waals surface area contributed by atoms with Crippen molar-refractivity contribution in [3.05, 3.63) is 35.9 Å². The first-order valence-corrected chi connectivity index (χ1v) is 8.25. The summed E-state index contributed by atoms with van der Waals surface area (Å²) in [4.78, 5) is 47.1. The number of Topliss-reactive ketones (excluding diaryl/α,β-unsaturated/α-hetero) is 2. The van der Waals surface area contributed by atoms with Gasteiger partial charge in [-0.25, -0.2) is 4.79 Å². The van der Waals surface area contributed by atoms with Crippen molar-refractivity contribution in [1.29, 1.82) is 0 Å². The Morgan fingerprint density at radius 2 is 1.62 bits per heavy atom. The number of esters is 1. The van der Waals surface area contributed by atoms with Crippen LogP contribution >= 0.6 is 0 Å².